The van der Waals surface area contributed by atoms with Gasteiger partial charge in [0.1, 0.15) is 0 Å². The molecule has 1 amide bonds. The third-order valence-electron chi connectivity index (χ3n) is 3.65. The van der Waals surface area contributed by atoms with Crippen molar-refractivity contribution in [2.24, 2.45) is 0 Å². The maximum Gasteiger partial charge on any atom is 0.257 e. The highest BCUT2D eigenvalue weighted by Gasteiger charge is 2.14. The van der Waals surface area contributed by atoms with Gasteiger partial charge >= 0.3 is 0 Å². The van der Waals surface area contributed by atoms with Crippen LogP contribution in [0.1, 0.15) is 29.6 Å². The van der Waals surface area contributed by atoms with Gasteiger partial charge in [-0.3, -0.25) is 15.5 Å². The van der Waals surface area contributed by atoms with Crippen LogP contribution in [0.3, 0.4) is 0 Å². The van der Waals surface area contributed by atoms with Crippen LogP contribution in [0.2, 0.25) is 0 Å². The molecule has 0 saturated carbocycles. The molecular formula is C14H20N4O3S. The number of carbonyl (C=O) groups is 1. The zero-order chi connectivity index (χ0) is 16.1. The summed E-state index contributed by atoms with van der Waals surface area (Å²) in [5, 5.41) is 9.76. The molecule has 0 spiro atoms. The molecular weight excluding hydrogens is 304 g/mol. The number of hydrogen-bond donors (Lipinski definition) is 3. The summed E-state index contributed by atoms with van der Waals surface area (Å²) in [6.07, 6.45) is 3.62. The number of carbonyl (C=O) groups excluding carboxylic acids is 1. The molecule has 1 aliphatic rings. The molecule has 0 radical (unpaired) electrons. The zero-order valence-electron chi connectivity index (χ0n) is 12.4. The highest BCUT2D eigenvalue weighted by Crippen LogP contribution is 2.20. The standard InChI is InChI=1S/C14H20N4O3S/c1-17(22(20)21)14(15)16-13(19)11-5-7-12(8-6-11)18-9-3-2-4-10-18/h5-8,22H,2-4,9-10H2,1H3,(H2,15,16,19). The van der Waals surface area contributed by atoms with E-state index in [1.807, 2.05) is 12.1 Å². The van der Waals surface area contributed by atoms with E-state index in [2.05, 4.69) is 10.2 Å². The van der Waals surface area contributed by atoms with Crippen LogP contribution >= 0.6 is 0 Å². The third-order valence-corrected chi connectivity index (χ3v) is 4.34. The first kappa shape index (κ1) is 16.3. The molecule has 0 atom stereocenters. The second-order valence-corrected chi connectivity index (χ2v) is 6.23. The number of nitrogens with one attached hydrogen (secondary N) is 2. The molecule has 0 aromatic heterocycles. The number of rotatable bonds is 3. The Morgan fingerprint density at radius 1 is 1.18 bits per heavy atom. The van der Waals surface area contributed by atoms with E-state index in [1.165, 1.54) is 26.3 Å². The molecule has 2 N–H and O–H groups in total. The number of thiol groups is 1. The Morgan fingerprint density at radius 3 is 2.32 bits per heavy atom. The van der Waals surface area contributed by atoms with Crippen LogP contribution in [0.15, 0.2) is 24.3 Å². The fourth-order valence-electron chi connectivity index (χ4n) is 2.32. The minimum atomic E-state index is -2.93. The maximum absolute atomic E-state index is 12.0. The van der Waals surface area contributed by atoms with Crippen molar-refractivity contribution in [3.05, 3.63) is 29.8 Å². The number of anilines is 1. The molecule has 1 heterocycles. The number of piperidine rings is 1. The highest BCUT2D eigenvalue weighted by atomic mass is 32.2. The molecule has 1 saturated heterocycles. The van der Waals surface area contributed by atoms with E-state index in [-0.39, 0.29) is 0 Å². The van der Waals surface area contributed by atoms with Gasteiger partial charge in [-0.15, -0.1) is 0 Å². The van der Waals surface area contributed by atoms with E-state index in [0.717, 1.165) is 18.8 Å². The van der Waals surface area contributed by atoms with Gasteiger partial charge in [-0.2, -0.15) is 0 Å². The minimum absolute atomic E-state index is 0.389. The molecule has 0 aliphatic carbocycles. The minimum Gasteiger partial charge on any atom is -0.372 e. The molecule has 0 unspecified atom stereocenters. The summed E-state index contributed by atoms with van der Waals surface area (Å²) in [6, 6.07) is 7.12. The average molecular weight is 324 g/mol. The molecule has 1 aromatic rings. The Balaban J connectivity index is 2.00. The summed E-state index contributed by atoms with van der Waals surface area (Å²) in [5.74, 6) is -0.972. The lowest BCUT2D eigenvalue weighted by Crippen LogP contribution is -2.40. The van der Waals surface area contributed by atoms with Crippen molar-refractivity contribution in [3.8, 4) is 0 Å². The predicted molar refractivity (Wildman–Crippen MR) is 85.8 cm³/mol. The lowest BCUT2D eigenvalue weighted by Gasteiger charge is -2.28. The topological polar surface area (TPSA) is 93.6 Å². The molecule has 7 nitrogen and oxygen atoms in total. The predicted octanol–water partition coefficient (Wildman–Crippen LogP) is 0.800. The van der Waals surface area contributed by atoms with Crippen LogP contribution in [-0.2, 0) is 10.9 Å². The molecule has 1 aromatic carbocycles. The normalized spacial score (nSPS) is 14.7. The van der Waals surface area contributed by atoms with Crippen LogP contribution in [-0.4, -0.2) is 44.7 Å². The maximum atomic E-state index is 12.0. The lowest BCUT2D eigenvalue weighted by atomic mass is 10.1. The average Bonchev–Trinajstić information content (AvgIpc) is 2.54. The van der Waals surface area contributed by atoms with Gasteiger partial charge < -0.3 is 4.90 Å². The Morgan fingerprint density at radius 2 is 1.77 bits per heavy atom. The van der Waals surface area contributed by atoms with E-state index >= 15 is 0 Å². The van der Waals surface area contributed by atoms with Gasteiger partial charge in [-0.05, 0) is 43.5 Å². The monoisotopic (exact) mass is 324 g/mol. The molecule has 1 fully saturated rings. The number of benzene rings is 1. The quantitative estimate of drug-likeness (QED) is 0.435. The van der Waals surface area contributed by atoms with Crippen LogP contribution in [0.5, 0.6) is 0 Å². The van der Waals surface area contributed by atoms with Gasteiger partial charge in [0, 0.05) is 31.4 Å². The Hall–Kier alpha value is -2.09. The Bertz CT molecular complexity index is 613. The number of guanidine groups is 1. The zero-order valence-corrected chi connectivity index (χ0v) is 13.3. The first-order valence-electron chi connectivity index (χ1n) is 7.12. The smallest absolute Gasteiger partial charge is 0.257 e. The summed E-state index contributed by atoms with van der Waals surface area (Å²) < 4.78 is 22.2. The SMILES string of the molecule is CN(C(=N)NC(=O)c1ccc(N2CCCCC2)cc1)[SH](=O)=O. The summed E-state index contributed by atoms with van der Waals surface area (Å²) in [5.41, 5.74) is 1.46. The third kappa shape index (κ3) is 3.97. The summed E-state index contributed by atoms with van der Waals surface area (Å²) in [6.45, 7) is 2.05. The summed E-state index contributed by atoms with van der Waals surface area (Å²) >= 11 is 0. The molecule has 8 heteroatoms. The van der Waals surface area contributed by atoms with E-state index in [9.17, 15) is 13.2 Å². The second-order valence-electron chi connectivity index (χ2n) is 5.16. The van der Waals surface area contributed by atoms with E-state index in [4.69, 9.17) is 5.41 Å². The highest BCUT2D eigenvalue weighted by molar-refractivity contribution is 7.70. The van der Waals surface area contributed by atoms with Crippen molar-refractivity contribution in [1.29, 1.82) is 5.41 Å². The van der Waals surface area contributed by atoms with Crippen molar-refractivity contribution < 1.29 is 13.2 Å². The van der Waals surface area contributed by atoms with E-state index in [1.54, 1.807) is 12.1 Å². The van der Waals surface area contributed by atoms with Crippen LogP contribution < -0.4 is 10.2 Å². The fraction of sp³-hybridized carbons (Fsp3) is 0.429. The lowest BCUT2D eigenvalue weighted by molar-refractivity contribution is 0.0974. The van der Waals surface area contributed by atoms with Crippen molar-refractivity contribution in [2.45, 2.75) is 19.3 Å². The molecule has 120 valence electrons. The largest absolute Gasteiger partial charge is 0.372 e. The number of hydrogen-bond acceptors (Lipinski definition) is 5. The van der Waals surface area contributed by atoms with Crippen LogP contribution in [0.25, 0.3) is 0 Å². The van der Waals surface area contributed by atoms with Crippen molar-refractivity contribution in [3.63, 3.8) is 0 Å². The van der Waals surface area contributed by atoms with Crippen LogP contribution in [0.4, 0.5) is 5.69 Å². The first-order chi connectivity index (χ1) is 10.5. The Labute approximate surface area is 131 Å². The van der Waals surface area contributed by atoms with E-state index in [0.29, 0.717) is 9.87 Å². The van der Waals surface area contributed by atoms with Crippen molar-refractivity contribution >= 4 is 28.4 Å². The van der Waals surface area contributed by atoms with Gasteiger partial charge in [0.25, 0.3) is 5.91 Å². The van der Waals surface area contributed by atoms with Gasteiger partial charge in [-0.1, -0.05) is 0 Å². The number of nitrogens with zero attached hydrogens (tertiary/aromatic N) is 2. The van der Waals surface area contributed by atoms with Gasteiger partial charge in [0.05, 0.1) is 0 Å². The molecule has 22 heavy (non-hydrogen) atoms. The van der Waals surface area contributed by atoms with E-state index < -0.39 is 22.8 Å². The summed E-state index contributed by atoms with van der Waals surface area (Å²) in [7, 11) is -1.72. The number of amides is 1. The van der Waals surface area contributed by atoms with Gasteiger partial charge in [0.15, 0.2) is 0 Å². The van der Waals surface area contributed by atoms with Gasteiger partial charge in [0.2, 0.25) is 16.8 Å². The van der Waals surface area contributed by atoms with Gasteiger partial charge in [-0.25, -0.2) is 12.7 Å². The fourth-order valence-corrected chi connectivity index (χ4v) is 2.53. The van der Waals surface area contributed by atoms with Crippen LogP contribution in [0, 0.1) is 5.41 Å². The second kappa shape index (κ2) is 7.26. The Kier molecular flexibility index (Phi) is 5.37. The first-order valence-corrected chi connectivity index (χ1v) is 8.25. The molecule has 1 aliphatic heterocycles. The summed E-state index contributed by atoms with van der Waals surface area (Å²) in [4.78, 5) is 14.3. The van der Waals surface area contributed by atoms with Crippen molar-refractivity contribution in [1.82, 2.24) is 9.62 Å². The molecule has 0 bridgehead atoms. The van der Waals surface area contributed by atoms with Crippen molar-refractivity contribution in [2.75, 3.05) is 25.0 Å². The molecule has 2 rings (SSSR count).